The highest BCUT2D eigenvalue weighted by molar-refractivity contribution is 5.24. The Kier molecular flexibility index (Phi) is 4.67. The maximum atomic E-state index is 12.6. The molecule has 1 aromatic rings. The zero-order chi connectivity index (χ0) is 16.5. The van der Waals surface area contributed by atoms with Crippen molar-refractivity contribution >= 4 is 0 Å². The van der Waals surface area contributed by atoms with E-state index in [-0.39, 0.29) is 5.60 Å². The second-order valence-electron chi connectivity index (χ2n) is 6.78. The molecule has 2 aliphatic heterocycles. The molecule has 3 nitrogen and oxygen atoms in total. The lowest BCUT2D eigenvalue weighted by atomic mass is 9.91. The van der Waals surface area contributed by atoms with E-state index in [1.165, 1.54) is 12.1 Å². The molecule has 0 bridgehead atoms. The Bertz CT molecular complexity index is 528. The first kappa shape index (κ1) is 16.7. The Morgan fingerprint density at radius 1 is 1.13 bits per heavy atom. The van der Waals surface area contributed by atoms with E-state index in [0.29, 0.717) is 13.2 Å². The van der Waals surface area contributed by atoms with Crippen molar-refractivity contribution in [1.29, 1.82) is 0 Å². The number of likely N-dealkylation sites (tertiary alicyclic amines) is 1. The summed E-state index contributed by atoms with van der Waals surface area (Å²) in [6, 6.07) is 5.50. The summed E-state index contributed by atoms with van der Waals surface area (Å²) in [5.41, 5.74) is 0.213. The highest BCUT2D eigenvalue weighted by Crippen LogP contribution is 2.31. The van der Waals surface area contributed by atoms with E-state index in [1.54, 1.807) is 12.1 Å². The average Bonchev–Trinajstić information content (AvgIpc) is 2.46. The van der Waals surface area contributed by atoms with Gasteiger partial charge >= 0.3 is 6.18 Å². The van der Waals surface area contributed by atoms with Crippen LogP contribution >= 0.6 is 0 Å². The quantitative estimate of drug-likeness (QED) is 0.830. The lowest BCUT2D eigenvalue weighted by Crippen LogP contribution is -2.58. The molecule has 1 atom stereocenters. The van der Waals surface area contributed by atoms with E-state index < -0.39 is 11.7 Å². The molecule has 3 rings (SSSR count). The smallest absolute Gasteiger partial charge is 0.371 e. The van der Waals surface area contributed by atoms with Crippen molar-refractivity contribution in [2.75, 3.05) is 39.8 Å². The van der Waals surface area contributed by atoms with Gasteiger partial charge in [-0.25, -0.2) is 0 Å². The molecule has 1 spiro atoms. The number of hydrogen-bond acceptors (Lipinski definition) is 3. The van der Waals surface area contributed by atoms with Crippen LogP contribution in [0, 0.1) is 0 Å². The molecule has 6 heteroatoms. The summed E-state index contributed by atoms with van der Waals surface area (Å²) in [5.74, 6) is 0. The van der Waals surface area contributed by atoms with E-state index in [1.807, 2.05) is 0 Å². The summed E-state index contributed by atoms with van der Waals surface area (Å²) < 4.78 is 43.9. The van der Waals surface area contributed by atoms with Crippen LogP contribution in [-0.2, 0) is 17.5 Å². The third-order valence-electron chi connectivity index (χ3n) is 4.75. The number of likely N-dealkylation sites (N-methyl/N-ethyl adjacent to an activating group) is 1. The first-order valence-electron chi connectivity index (χ1n) is 8.07. The van der Waals surface area contributed by atoms with Gasteiger partial charge in [0.15, 0.2) is 0 Å². The van der Waals surface area contributed by atoms with Gasteiger partial charge in [0.1, 0.15) is 0 Å². The lowest BCUT2D eigenvalue weighted by Gasteiger charge is -2.47. The summed E-state index contributed by atoms with van der Waals surface area (Å²) in [6.45, 7) is 5.06. The lowest BCUT2D eigenvalue weighted by molar-refractivity contribution is -0.138. The van der Waals surface area contributed by atoms with Gasteiger partial charge in [-0.2, -0.15) is 13.2 Å². The minimum absolute atomic E-state index is 0.114. The number of piperidine rings is 1. The first-order chi connectivity index (χ1) is 10.9. The summed E-state index contributed by atoms with van der Waals surface area (Å²) >= 11 is 0. The van der Waals surface area contributed by atoms with E-state index in [2.05, 4.69) is 16.8 Å². The maximum Gasteiger partial charge on any atom is 0.416 e. The normalized spacial score (nSPS) is 27.5. The Labute approximate surface area is 135 Å². The van der Waals surface area contributed by atoms with Crippen molar-refractivity contribution in [3.63, 3.8) is 0 Å². The number of ether oxygens (including phenoxy) is 1. The second kappa shape index (κ2) is 6.42. The highest BCUT2D eigenvalue weighted by atomic mass is 19.4. The van der Waals surface area contributed by atoms with Gasteiger partial charge in [-0.3, -0.25) is 4.90 Å². The number of benzene rings is 1. The van der Waals surface area contributed by atoms with Crippen molar-refractivity contribution in [2.24, 2.45) is 0 Å². The molecular weight excluding hydrogens is 305 g/mol. The number of morpholine rings is 1. The van der Waals surface area contributed by atoms with Gasteiger partial charge in [0.2, 0.25) is 0 Å². The van der Waals surface area contributed by atoms with Crippen molar-refractivity contribution in [3.8, 4) is 0 Å². The fourth-order valence-corrected chi connectivity index (χ4v) is 3.68. The topological polar surface area (TPSA) is 15.7 Å². The molecule has 0 saturated carbocycles. The van der Waals surface area contributed by atoms with Crippen LogP contribution in [0.25, 0.3) is 0 Å². The standard InChI is InChI=1S/C17H23F3N2O/c1-21-8-2-7-16(12-21)13-22(9-10-23-16)11-14-3-5-15(6-4-14)17(18,19)20/h3-6H,2,7-13H2,1H3. The largest absolute Gasteiger partial charge is 0.416 e. The summed E-state index contributed by atoms with van der Waals surface area (Å²) in [5, 5.41) is 0. The van der Waals surface area contributed by atoms with E-state index in [9.17, 15) is 13.2 Å². The molecule has 2 heterocycles. The minimum atomic E-state index is -4.27. The van der Waals surface area contributed by atoms with Gasteiger partial charge in [0, 0.05) is 26.2 Å². The van der Waals surface area contributed by atoms with Gasteiger partial charge in [-0.05, 0) is 44.1 Å². The molecule has 1 unspecified atom stereocenters. The zero-order valence-electron chi connectivity index (χ0n) is 13.4. The number of alkyl halides is 3. The van der Waals surface area contributed by atoms with Crippen molar-refractivity contribution in [1.82, 2.24) is 9.80 Å². The molecule has 23 heavy (non-hydrogen) atoms. The molecule has 0 aromatic heterocycles. The maximum absolute atomic E-state index is 12.6. The van der Waals surface area contributed by atoms with E-state index in [4.69, 9.17) is 4.74 Å². The molecule has 0 aliphatic carbocycles. The van der Waals surface area contributed by atoms with E-state index in [0.717, 1.165) is 44.6 Å². The van der Waals surface area contributed by atoms with Crippen molar-refractivity contribution < 1.29 is 17.9 Å². The number of hydrogen-bond donors (Lipinski definition) is 0. The van der Waals surface area contributed by atoms with Gasteiger partial charge in [-0.15, -0.1) is 0 Å². The Hall–Kier alpha value is -1.11. The van der Waals surface area contributed by atoms with Gasteiger partial charge < -0.3 is 9.64 Å². The zero-order valence-corrected chi connectivity index (χ0v) is 13.4. The van der Waals surface area contributed by atoms with Crippen LogP contribution in [0.3, 0.4) is 0 Å². The van der Waals surface area contributed by atoms with Gasteiger partial charge in [-0.1, -0.05) is 12.1 Å². The third-order valence-corrected chi connectivity index (χ3v) is 4.75. The third kappa shape index (κ3) is 4.05. The van der Waals surface area contributed by atoms with Crippen LogP contribution in [0.15, 0.2) is 24.3 Å². The van der Waals surface area contributed by atoms with Crippen LogP contribution < -0.4 is 0 Å². The van der Waals surface area contributed by atoms with Crippen LogP contribution in [0.2, 0.25) is 0 Å². The highest BCUT2D eigenvalue weighted by Gasteiger charge is 2.39. The molecule has 0 N–H and O–H groups in total. The van der Waals surface area contributed by atoms with Crippen molar-refractivity contribution in [3.05, 3.63) is 35.4 Å². The fraction of sp³-hybridized carbons (Fsp3) is 0.647. The predicted octanol–water partition coefficient (Wildman–Crippen LogP) is 3.00. The SMILES string of the molecule is CN1CCCC2(C1)CN(Cc1ccc(C(F)(F)F)cc1)CCO2. The van der Waals surface area contributed by atoms with Crippen molar-refractivity contribution in [2.45, 2.75) is 31.2 Å². The van der Waals surface area contributed by atoms with Crippen LogP contribution in [-0.4, -0.2) is 55.2 Å². The summed E-state index contributed by atoms with van der Waals surface area (Å²) in [6.07, 6.45) is -2.08. The number of halogens is 3. The summed E-state index contributed by atoms with van der Waals surface area (Å²) in [7, 11) is 2.11. The molecule has 2 fully saturated rings. The molecule has 0 radical (unpaired) electrons. The Morgan fingerprint density at radius 3 is 2.52 bits per heavy atom. The van der Waals surface area contributed by atoms with Crippen LogP contribution in [0.4, 0.5) is 13.2 Å². The molecule has 1 aromatic carbocycles. The molecule has 2 aliphatic rings. The molecule has 2 saturated heterocycles. The first-order valence-corrected chi connectivity index (χ1v) is 8.07. The fourth-order valence-electron chi connectivity index (χ4n) is 3.68. The monoisotopic (exact) mass is 328 g/mol. The van der Waals surface area contributed by atoms with E-state index >= 15 is 0 Å². The Morgan fingerprint density at radius 2 is 1.87 bits per heavy atom. The number of rotatable bonds is 2. The van der Waals surface area contributed by atoms with Crippen LogP contribution in [0.1, 0.15) is 24.0 Å². The summed E-state index contributed by atoms with van der Waals surface area (Å²) in [4.78, 5) is 4.59. The second-order valence-corrected chi connectivity index (χ2v) is 6.78. The number of nitrogens with zero attached hydrogens (tertiary/aromatic N) is 2. The van der Waals surface area contributed by atoms with Crippen LogP contribution in [0.5, 0.6) is 0 Å². The average molecular weight is 328 g/mol. The molecule has 128 valence electrons. The predicted molar refractivity (Wildman–Crippen MR) is 82.1 cm³/mol. The van der Waals surface area contributed by atoms with Gasteiger partial charge in [0.25, 0.3) is 0 Å². The molecule has 0 amide bonds. The van der Waals surface area contributed by atoms with Gasteiger partial charge in [0.05, 0.1) is 17.8 Å². The Balaban J connectivity index is 1.63. The molecular formula is C17H23F3N2O. The minimum Gasteiger partial charge on any atom is -0.371 e.